The van der Waals surface area contributed by atoms with Gasteiger partial charge in [0.25, 0.3) is 0 Å². The van der Waals surface area contributed by atoms with Gasteiger partial charge in [0.05, 0.1) is 0 Å². The molecule has 2 rings (SSSR count). The van der Waals surface area contributed by atoms with Crippen molar-refractivity contribution in [3.8, 4) is 0 Å². The smallest absolute Gasteiger partial charge is 0.124 e. The molecule has 0 spiro atoms. The van der Waals surface area contributed by atoms with Crippen molar-refractivity contribution < 1.29 is 4.39 Å². The van der Waals surface area contributed by atoms with Gasteiger partial charge in [-0.1, -0.05) is 48.0 Å². The Bertz CT molecular complexity index is 513. The highest BCUT2D eigenvalue weighted by Gasteiger charge is 2.12. The van der Waals surface area contributed by atoms with Gasteiger partial charge in [-0.25, -0.2) is 4.39 Å². The maximum absolute atomic E-state index is 13.0. The first-order valence-electron chi connectivity index (χ1n) is 5.89. The van der Waals surface area contributed by atoms with Crippen molar-refractivity contribution in [3.63, 3.8) is 0 Å². The van der Waals surface area contributed by atoms with Crippen molar-refractivity contribution in [1.29, 1.82) is 0 Å². The van der Waals surface area contributed by atoms with Crippen LogP contribution in [-0.4, -0.2) is 6.54 Å². The summed E-state index contributed by atoms with van der Waals surface area (Å²) in [6, 6.07) is 14.6. The van der Waals surface area contributed by atoms with Gasteiger partial charge in [-0.15, -0.1) is 0 Å². The molecule has 0 saturated heterocycles. The van der Waals surface area contributed by atoms with E-state index in [0.717, 1.165) is 12.0 Å². The molecule has 94 valence electrons. The molecular weight excluding hydrogens is 249 g/mol. The molecule has 2 aromatic rings. The predicted octanol–water partition coefficient (Wildman–Crippen LogP) is 3.76. The van der Waals surface area contributed by atoms with E-state index in [9.17, 15) is 4.39 Å². The summed E-state index contributed by atoms with van der Waals surface area (Å²) < 4.78 is 13.0. The second kappa shape index (κ2) is 5.98. The topological polar surface area (TPSA) is 26.0 Å². The summed E-state index contributed by atoms with van der Waals surface area (Å²) in [7, 11) is 0. The summed E-state index contributed by atoms with van der Waals surface area (Å²) in [4.78, 5) is 0. The van der Waals surface area contributed by atoms with E-state index >= 15 is 0 Å². The Morgan fingerprint density at radius 3 is 2.44 bits per heavy atom. The second-order valence-corrected chi connectivity index (χ2v) is 4.69. The standard InChI is InChI=1S/C15H15ClFN/c16-15-9-14(17)7-6-12(15)8-13(10-18)11-4-2-1-3-5-11/h1-7,9,13H,8,10,18H2. The molecule has 18 heavy (non-hydrogen) atoms. The van der Waals surface area contributed by atoms with E-state index in [-0.39, 0.29) is 11.7 Å². The van der Waals surface area contributed by atoms with Crippen molar-refractivity contribution in [2.45, 2.75) is 12.3 Å². The average molecular weight is 264 g/mol. The molecule has 0 aliphatic heterocycles. The SMILES string of the molecule is NCC(Cc1ccc(F)cc1Cl)c1ccccc1. The number of benzene rings is 2. The molecule has 1 unspecified atom stereocenters. The van der Waals surface area contributed by atoms with Gasteiger partial charge in [0.15, 0.2) is 0 Å². The van der Waals surface area contributed by atoms with Gasteiger partial charge in [0.2, 0.25) is 0 Å². The Labute approximate surface area is 111 Å². The van der Waals surface area contributed by atoms with Crippen molar-refractivity contribution >= 4 is 11.6 Å². The molecule has 0 aromatic heterocycles. The van der Waals surface area contributed by atoms with Gasteiger partial charge >= 0.3 is 0 Å². The third-order valence-corrected chi connectivity index (χ3v) is 3.39. The van der Waals surface area contributed by atoms with E-state index in [4.69, 9.17) is 17.3 Å². The first kappa shape index (κ1) is 13.1. The molecule has 0 aliphatic carbocycles. The van der Waals surface area contributed by atoms with Crippen LogP contribution in [0.15, 0.2) is 48.5 Å². The lowest BCUT2D eigenvalue weighted by atomic mass is 9.92. The molecule has 0 bridgehead atoms. The molecule has 0 heterocycles. The van der Waals surface area contributed by atoms with Crippen LogP contribution in [0.3, 0.4) is 0 Å². The number of rotatable bonds is 4. The summed E-state index contributed by atoms with van der Waals surface area (Å²) in [6.45, 7) is 0.539. The number of hydrogen-bond acceptors (Lipinski definition) is 1. The van der Waals surface area contributed by atoms with E-state index < -0.39 is 0 Å². The van der Waals surface area contributed by atoms with E-state index in [1.807, 2.05) is 18.2 Å². The molecular formula is C15H15ClFN. The van der Waals surface area contributed by atoms with Gasteiger partial charge in [-0.3, -0.25) is 0 Å². The Morgan fingerprint density at radius 2 is 1.83 bits per heavy atom. The highest BCUT2D eigenvalue weighted by atomic mass is 35.5. The summed E-state index contributed by atoms with van der Waals surface area (Å²) in [5, 5.41) is 0.462. The third kappa shape index (κ3) is 3.09. The number of hydrogen-bond donors (Lipinski definition) is 1. The number of nitrogens with two attached hydrogens (primary N) is 1. The van der Waals surface area contributed by atoms with Crippen molar-refractivity contribution in [2.75, 3.05) is 6.54 Å². The zero-order valence-electron chi connectivity index (χ0n) is 9.94. The fourth-order valence-electron chi connectivity index (χ4n) is 2.02. The molecule has 0 saturated carbocycles. The fraction of sp³-hybridized carbons (Fsp3) is 0.200. The summed E-state index contributed by atoms with van der Waals surface area (Å²) in [5.41, 5.74) is 7.92. The third-order valence-electron chi connectivity index (χ3n) is 3.04. The molecule has 3 heteroatoms. The lowest BCUT2D eigenvalue weighted by molar-refractivity contribution is 0.625. The van der Waals surface area contributed by atoms with Crippen LogP contribution in [0.4, 0.5) is 4.39 Å². The van der Waals surface area contributed by atoms with E-state index in [1.54, 1.807) is 6.07 Å². The molecule has 0 aliphatic rings. The van der Waals surface area contributed by atoms with Crippen LogP contribution in [0, 0.1) is 5.82 Å². The molecule has 1 atom stereocenters. The highest BCUT2D eigenvalue weighted by Crippen LogP contribution is 2.25. The Balaban J connectivity index is 2.21. The monoisotopic (exact) mass is 263 g/mol. The van der Waals surface area contributed by atoms with Crippen molar-refractivity contribution in [1.82, 2.24) is 0 Å². The van der Waals surface area contributed by atoms with Gasteiger partial charge in [-0.05, 0) is 36.2 Å². The van der Waals surface area contributed by atoms with Crippen LogP contribution < -0.4 is 5.73 Å². The Kier molecular flexibility index (Phi) is 4.34. The Hall–Kier alpha value is -1.38. The van der Waals surface area contributed by atoms with Crippen LogP contribution in [0.1, 0.15) is 17.0 Å². The molecule has 2 N–H and O–H groups in total. The summed E-state index contributed by atoms with van der Waals surface area (Å²) in [6.07, 6.45) is 0.722. The quantitative estimate of drug-likeness (QED) is 0.893. The molecule has 0 amide bonds. The second-order valence-electron chi connectivity index (χ2n) is 4.28. The molecule has 1 nitrogen and oxygen atoms in total. The predicted molar refractivity (Wildman–Crippen MR) is 73.4 cm³/mol. The Morgan fingerprint density at radius 1 is 1.11 bits per heavy atom. The minimum atomic E-state index is -0.312. The maximum atomic E-state index is 13.0. The van der Waals surface area contributed by atoms with E-state index in [2.05, 4.69) is 12.1 Å². The highest BCUT2D eigenvalue weighted by molar-refractivity contribution is 6.31. The van der Waals surface area contributed by atoms with Gasteiger partial charge in [0, 0.05) is 10.9 Å². The lowest BCUT2D eigenvalue weighted by Gasteiger charge is -2.16. The van der Waals surface area contributed by atoms with E-state index in [0.29, 0.717) is 11.6 Å². The van der Waals surface area contributed by atoms with Crippen LogP contribution in [0.2, 0.25) is 5.02 Å². The molecule has 2 aromatic carbocycles. The van der Waals surface area contributed by atoms with Gasteiger partial charge in [0.1, 0.15) is 5.82 Å². The van der Waals surface area contributed by atoms with Crippen LogP contribution in [-0.2, 0) is 6.42 Å². The van der Waals surface area contributed by atoms with Crippen LogP contribution >= 0.6 is 11.6 Å². The van der Waals surface area contributed by atoms with Crippen molar-refractivity contribution in [3.05, 3.63) is 70.5 Å². The average Bonchev–Trinajstić information content (AvgIpc) is 2.39. The zero-order chi connectivity index (χ0) is 13.0. The minimum absolute atomic E-state index is 0.203. The van der Waals surface area contributed by atoms with Crippen LogP contribution in [0.5, 0.6) is 0 Å². The normalized spacial score (nSPS) is 12.4. The van der Waals surface area contributed by atoms with E-state index in [1.165, 1.54) is 17.7 Å². The van der Waals surface area contributed by atoms with Crippen LogP contribution in [0.25, 0.3) is 0 Å². The summed E-state index contributed by atoms with van der Waals surface area (Å²) in [5.74, 6) is -0.109. The maximum Gasteiger partial charge on any atom is 0.124 e. The minimum Gasteiger partial charge on any atom is -0.330 e. The van der Waals surface area contributed by atoms with Gasteiger partial charge < -0.3 is 5.73 Å². The summed E-state index contributed by atoms with van der Waals surface area (Å²) >= 11 is 6.04. The number of halogens is 2. The molecule has 0 radical (unpaired) electrons. The fourth-order valence-corrected chi connectivity index (χ4v) is 2.26. The lowest BCUT2D eigenvalue weighted by Crippen LogP contribution is -2.15. The van der Waals surface area contributed by atoms with Gasteiger partial charge in [-0.2, -0.15) is 0 Å². The van der Waals surface area contributed by atoms with Crippen molar-refractivity contribution in [2.24, 2.45) is 5.73 Å². The zero-order valence-corrected chi connectivity index (χ0v) is 10.7. The molecule has 0 fully saturated rings. The first-order chi connectivity index (χ1) is 8.70. The first-order valence-corrected chi connectivity index (χ1v) is 6.27. The largest absolute Gasteiger partial charge is 0.330 e.